The van der Waals surface area contributed by atoms with E-state index in [1.165, 1.54) is 50.7 Å². The number of carboxylic acids is 1. The molecule has 0 unspecified atom stereocenters. The molecule has 1 amide bonds. The van der Waals surface area contributed by atoms with Crippen LogP contribution in [-0.4, -0.2) is 54.4 Å². The predicted octanol–water partition coefficient (Wildman–Crippen LogP) is 4.89. The number of aromatic nitrogens is 2. The summed E-state index contributed by atoms with van der Waals surface area (Å²) in [4.78, 5) is 32.9. The summed E-state index contributed by atoms with van der Waals surface area (Å²) in [6, 6.07) is 6.27. The van der Waals surface area contributed by atoms with Gasteiger partial charge in [0.05, 0.1) is 24.7 Å². The summed E-state index contributed by atoms with van der Waals surface area (Å²) in [7, 11) is 3.28. The maximum Gasteiger partial charge on any atom is 0.335 e. The SMILES string of the molecule is COCC(COC)c1nc(C(=O)Nc2cccc(C(=O)O)c2)c(CCC23CC4CC(CC(C4)C2)C3)[nH]1. The Bertz CT molecular complexity index is 1070. The van der Waals surface area contributed by atoms with Gasteiger partial charge in [-0.25, -0.2) is 9.78 Å². The summed E-state index contributed by atoms with van der Waals surface area (Å²) in [6.45, 7) is 0.856. The van der Waals surface area contributed by atoms with Crippen LogP contribution in [0.3, 0.4) is 0 Å². The van der Waals surface area contributed by atoms with Gasteiger partial charge in [-0.3, -0.25) is 4.79 Å². The van der Waals surface area contributed by atoms with Gasteiger partial charge >= 0.3 is 5.97 Å². The van der Waals surface area contributed by atoms with Gasteiger partial charge in [-0.2, -0.15) is 0 Å². The van der Waals surface area contributed by atoms with Gasteiger partial charge in [0.25, 0.3) is 5.91 Å². The number of nitrogens with one attached hydrogen (secondary N) is 2. The molecule has 0 radical (unpaired) electrons. The molecule has 1 aromatic carbocycles. The molecule has 4 saturated carbocycles. The highest BCUT2D eigenvalue weighted by Gasteiger charge is 2.50. The fourth-order valence-electron chi connectivity index (χ4n) is 7.51. The van der Waals surface area contributed by atoms with E-state index >= 15 is 0 Å². The lowest BCUT2D eigenvalue weighted by Gasteiger charge is -2.57. The topological polar surface area (TPSA) is 114 Å². The number of aromatic carboxylic acids is 1. The molecule has 4 aliphatic rings. The van der Waals surface area contributed by atoms with Crippen LogP contribution in [0, 0.1) is 23.2 Å². The van der Waals surface area contributed by atoms with Crippen LogP contribution in [-0.2, 0) is 15.9 Å². The number of H-pyrrole nitrogens is 1. The molecule has 6 rings (SSSR count). The number of carboxylic acid groups (broad SMARTS) is 1. The summed E-state index contributed by atoms with van der Waals surface area (Å²) in [5, 5.41) is 12.2. The van der Waals surface area contributed by atoms with Crippen molar-refractivity contribution in [3.05, 3.63) is 47.0 Å². The van der Waals surface area contributed by atoms with Crippen molar-refractivity contribution in [3.8, 4) is 0 Å². The third-order valence-corrected chi connectivity index (χ3v) is 8.57. The number of nitrogens with zero attached hydrogens (tertiary/aromatic N) is 1. The molecule has 0 saturated heterocycles. The minimum absolute atomic E-state index is 0.116. The molecule has 0 aliphatic heterocycles. The van der Waals surface area contributed by atoms with Gasteiger partial charge in [0.1, 0.15) is 11.5 Å². The molecule has 194 valence electrons. The Morgan fingerprint density at radius 2 is 1.75 bits per heavy atom. The molecule has 1 heterocycles. The van der Waals surface area contributed by atoms with Crippen LogP contribution in [0.2, 0.25) is 0 Å². The van der Waals surface area contributed by atoms with Crippen molar-refractivity contribution in [2.75, 3.05) is 32.8 Å². The fraction of sp³-hybridized carbons (Fsp3) is 0.607. The number of ether oxygens (including phenoxy) is 2. The second kappa shape index (κ2) is 10.3. The number of imidazole rings is 1. The van der Waals surface area contributed by atoms with E-state index in [-0.39, 0.29) is 17.4 Å². The second-order valence-corrected chi connectivity index (χ2v) is 11.3. The van der Waals surface area contributed by atoms with E-state index < -0.39 is 5.97 Å². The van der Waals surface area contributed by atoms with Crippen LogP contribution in [0.5, 0.6) is 0 Å². The number of rotatable bonds is 11. The molecule has 0 spiro atoms. The first kappa shape index (κ1) is 25.0. The van der Waals surface area contributed by atoms with Gasteiger partial charge < -0.3 is 24.9 Å². The highest BCUT2D eigenvalue weighted by molar-refractivity contribution is 6.04. The Hall–Kier alpha value is -2.71. The van der Waals surface area contributed by atoms with Crippen molar-refractivity contribution in [1.82, 2.24) is 9.97 Å². The molecule has 1 aromatic heterocycles. The van der Waals surface area contributed by atoms with Crippen LogP contribution in [0.25, 0.3) is 0 Å². The lowest BCUT2D eigenvalue weighted by molar-refractivity contribution is -0.0570. The van der Waals surface area contributed by atoms with Gasteiger partial charge in [0.15, 0.2) is 0 Å². The summed E-state index contributed by atoms with van der Waals surface area (Å²) < 4.78 is 10.8. The summed E-state index contributed by atoms with van der Waals surface area (Å²) in [5.41, 5.74) is 2.15. The summed E-state index contributed by atoms with van der Waals surface area (Å²) in [6.07, 6.45) is 10.0. The number of amides is 1. The van der Waals surface area contributed by atoms with Crippen LogP contribution in [0.4, 0.5) is 5.69 Å². The van der Waals surface area contributed by atoms with Gasteiger partial charge in [-0.1, -0.05) is 6.07 Å². The maximum absolute atomic E-state index is 13.4. The number of hydrogen-bond acceptors (Lipinski definition) is 5. The molecular weight excluding hydrogens is 458 g/mol. The number of hydrogen-bond donors (Lipinski definition) is 3. The normalized spacial score (nSPS) is 26.5. The van der Waals surface area contributed by atoms with E-state index in [0.717, 1.165) is 36.3 Å². The molecule has 36 heavy (non-hydrogen) atoms. The highest BCUT2D eigenvalue weighted by Crippen LogP contribution is 2.61. The third-order valence-electron chi connectivity index (χ3n) is 8.57. The molecule has 4 bridgehead atoms. The second-order valence-electron chi connectivity index (χ2n) is 11.3. The van der Waals surface area contributed by atoms with Crippen LogP contribution in [0.15, 0.2) is 24.3 Å². The number of aromatic amines is 1. The van der Waals surface area contributed by atoms with Crippen molar-refractivity contribution in [2.24, 2.45) is 23.2 Å². The standard InChI is InChI=1S/C28H37N3O5/c1-35-15-21(16-36-2)25-30-23(6-7-28-12-17-8-18(13-28)10-19(9-17)14-28)24(31-25)26(32)29-22-5-3-4-20(11-22)27(33)34/h3-5,11,17-19,21H,6-10,12-16H2,1-2H3,(H,29,32)(H,30,31)(H,33,34). The van der Waals surface area contributed by atoms with E-state index in [1.807, 2.05) is 0 Å². The predicted molar refractivity (Wildman–Crippen MR) is 135 cm³/mol. The number of carbonyl (C=O) groups is 2. The Morgan fingerprint density at radius 1 is 1.11 bits per heavy atom. The van der Waals surface area contributed by atoms with Crippen LogP contribution in [0.1, 0.15) is 83.2 Å². The number of methoxy groups -OCH3 is 2. The first-order valence-electron chi connectivity index (χ1n) is 13.1. The van der Waals surface area contributed by atoms with Crippen molar-refractivity contribution < 1.29 is 24.2 Å². The van der Waals surface area contributed by atoms with Gasteiger partial charge in [-0.05, 0) is 92.7 Å². The number of anilines is 1. The van der Waals surface area contributed by atoms with Gasteiger partial charge in [0, 0.05) is 25.6 Å². The first-order chi connectivity index (χ1) is 17.4. The zero-order chi connectivity index (χ0) is 25.3. The minimum atomic E-state index is -1.04. The molecule has 8 heteroatoms. The molecular formula is C28H37N3O5. The van der Waals surface area contributed by atoms with Crippen molar-refractivity contribution in [1.29, 1.82) is 0 Å². The molecule has 4 fully saturated rings. The minimum Gasteiger partial charge on any atom is -0.478 e. The van der Waals surface area contributed by atoms with E-state index in [1.54, 1.807) is 26.4 Å². The summed E-state index contributed by atoms with van der Waals surface area (Å²) in [5.74, 6) is 1.83. The van der Waals surface area contributed by atoms with E-state index in [0.29, 0.717) is 35.8 Å². The van der Waals surface area contributed by atoms with Crippen LogP contribution < -0.4 is 5.32 Å². The first-order valence-corrected chi connectivity index (χ1v) is 13.1. The molecule has 8 nitrogen and oxygen atoms in total. The van der Waals surface area contributed by atoms with E-state index in [9.17, 15) is 14.7 Å². The lowest BCUT2D eigenvalue weighted by Crippen LogP contribution is -2.46. The Morgan fingerprint density at radius 3 is 2.33 bits per heavy atom. The van der Waals surface area contributed by atoms with Crippen molar-refractivity contribution in [2.45, 2.75) is 57.3 Å². The number of aryl methyl sites for hydroxylation is 1. The van der Waals surface area contributed by atoms with Crippen molar-refractivity contribution >= 4 is 17.6 Å². The van der Waals surface area contributed by atoms with Crippen LogP contribution >= 0.6 is 0 Å². The monoisotopic (exact) mass is 495 g/mol. The zero-order valence-electron chi connectivity index (χ0n) is 21.2. The summed E-state index contributed by atoms with van der Waals surface area (Å²) >= 11 is 0. The molecule has 4 aliphatic carbocycles. The zero-order valence-corrected chi connectivity index (χ0v) is 21.2. The average molecular weight is 496 g/mol. The van der Waals surface area contributed by atoms with Gasteiger partial charge in [-0.15, -0.1) is 0 Å². The smallest absolute Gasteiger partial charge is 0.335 e. The average Bonchev–Trinajstić information content (AvgIpc) is 3.26. The van der Waals surface area contributed by atoms with E-state index in [4.69, 9.17) is 14.5 Å². The highest BCUT2D eigenvalue weighted by atomic mass is 16.5. The lowest BCUT2D eigenvalue weighted by atomic mass is 9.48. The Balaban J connectivity index is 1.38. The molecule has 0 atom stereocenters. The molecule has 2 aromatic rings. The number of benzene rings is 1. The Labute approximate surface area is 212 Å². The number of carbonyl (C=O) groups excluding carboxylic acids is 1. The van der Waals surface area contributed by atoms with E-state index in [2.05, 4.69) is 10.3 Å². The van der Waals surface area contributed by atoms with Gasteiger partial charge in [0.2, 0.25) is 0 Å². The maximum atomic E-state index is 13.4. The third kappa shape index (κ3) is 5.20. The largest absolute Gasteiger partial charge is 0.478 e. The quantitative estimate of drug-likeness (QED) is 0.409. The Kier molecular flexibility index (Phi) is 7.17. The molecule has 3 N–H and O–H groups in total. The fourth-order valence-corrected chi connectivity index (χ4v) is 7.51. The van der Waals surface area contributed by atoms with Crippen molar-refractivity contribution in [3.63, 3.8) is 0 Å².